The van der Waals surface area contributed by atoms with Gasteiger partial charge in [0.05, 0.1) is 15.4 Å². The zero-order valence-electron chi connectivity index (χ0n) is 15.1. The standard InChI is InChI=1S/C10H8O9S3.C7H6O2/c11-20(12,13)7-1-2-9-6(3-7)4-8(21(14,15)16)5-10(9)22(17,18)19;8-7(9)6-4-2-1-3-5-6/h1-5H,(H,11,12,13)(H,14,15,16)(H,17,18,19);1-5H,(H,8,9). The predicted molar refractivity (Wildman–Crippen MR) is 107 cm³/mol. The van der Waals surface area contributed by atoms with Gasteiger partial charge in [-0.15, -0.1) is 0 Å². The van der Waals surface area contributed by atoms with Gasteiger partial charge in [-0.2, -0.15) is 25.3 Å². The van der Waals surface area contributed by atoms with Crippen molar-refractivity contribution >= 4 is 47.1 Å². The van der Waals surface area contributed by atoms with Crippen LogP contribution in [0.5, 0.6) is 0 Å². The third-order valence-corrected chi connectivity index (χ3v) is 6.33. The molecule has 3 aromatic rings. The largest absolute Gasteiger partial charge is 0.478 e. The van der Waals surface area contributed by atoms with Crippen LogP contribution in [-0.4, -0.2) is 50.0 Å². The van der Waals surface area contributed by atoms with Crippen LogP contribution in [0.1, 0.15) is 10.4 Å². The van der Waals surface area contributed by atoms with E-state index >= 15 is 0 Å². The maximum absolute atomic E-state index is 11.3. The molecular weight excluding hydrogens is 476 g/mol. The highest BCUT2D eigenvalue weighted by Crippen LogP contribution is 2.29. The molecule has 0 bridgehead atoms. The number of carbonyl (C=O) groups is 1. The van der Waals surface area contributed by atoms with Crippen LogP contribution in [0.3, 0.4) is 0 Å². The highest BCUT2D eigenvalue weighted by molar-refractivity contribution is 7.87. The van der Waals surface area contributed by atoms with Crippen molar-refractivity contribution in [2.24, 2.45) is 0 Å². The predicted octanol–water partition coefficient (Wildman–Crippen LogP) is 1.96. The Balaban J connectivity index is 0.000000316. The first-order chi connectivity index (χ1) is 14.1. The van der Waals surface area contributed by atoms with Gasteiger partial charge in [0.2, 0.25) is 0 Å². The maximum atomic E-state index is 11.3. The molecule has 3 aromatic carbocycles. The molecule has 0 aliphatic carbocycles. The van der Waals surface area contributed by atoms with E-state index in [0.29, 0.717) is 11.6 Å². The molecule has 14 heteroatoms. The van der Waals surface area contributed by atoms with Crippen molar-refractivity contribution in [1.82, 2.24) is 0 Å². The molecule has 0 aromatic heterocycles. The number of hydrogen-bond donors (Lipinski definition) is 4. The average molecular weight is 490 g/mol. The van der Waals surface area contributed by atoms with Crippen LogP contribution in [-0.2, 0) is 30.4 Å². The molecule has 0 saturated carbocycles. The summed E-state index contributed by atoms with van der Waals surface area (Å²) in [6.07, 6.45) is 0. The van der Waals surface area contributed by atoms with Crippen LogP contribution in [0.25, 0.3) is 10.8 Å². The number of carboxylic acids is 1. The number of aromatic carboxylic acids is 1. The van der Waals surface area contributed by atoms with E-state index in [4.69, 9.17) is 18.8 Å². The Morgan fingerprint density at radius 1 is 0.645 bits per heavy atom. The van der Waals surface area contributed by atoms with E-state index in [1.165, 1.54) is 0 Å². The molecule has 0 saturated heterocycles. The number of hydrogen-bond acceptors (Lipinski definition) is 7. The molecule has 0 radical (unpaired) electrons. The second-order valence-corrected chi connectivity index (χ2v) is 10.1. The SMILES string of the molecule is O=C(O)c1ccccc1.O=S(=O)(O)c1ccc2c(S(=O)(=O)O)cc(S(=O)(=O)O)cc2c1. The van der Waals surface area contributed by atoms with E-state index < -0.39 is 51.0 Å². The van der Waals surface area contributed by atoms with Gasteiger partial charge in [0, 0.05) is 5.39 Å². The lowest BCUT2D eigenvalue weighted by molar-refractivity contribution is 0.0696. The minimum atomic E-state index is -4.85. The lowest BCUT2D eigenvalue weighted by Crippen LogP contribution is -2.05. The van der Waals surface area contributed by atoms with Gasteiger partial charge in [-0.1, -0.05) is 24.3 Å². The fourth-order valence-electron chi connectivity index (χ4n) is 2.39. The van der Waals surface area contributed by atoms with E-state index in [2.05, 4.69) is 0 Å². The van der Waals surface area contributed by atoms with Crippen molar-refractivity contribution in [3.63, 3.8) is 0 Å². The quantitative estimate of drug-likeness (QED) is 0.389. The van der Waals surface area contributed by atoms with Gasteiger partial charge < -0.3 is 5.11 Å². The highest BCUT2D eigenvalue weighted by atomic mass is 32.2. The third kappa shape index (κ3) is 6.30. The first kappa shape index (κ1) is 24.4. The van der Waals surface area contributed by atoms with Gasteiger partial charge in [-0.05, 0) is 41.8 Å². The summed E-state index contributed by atoms with van der Waals surface area (Å²) in [6.45, 7) is 0. The van der Waals surface area contributed by atoms with Gasteiger partial charge >= 0.3 is 5.97 Å². The van der Waals surface area contributed by atoms with Crippen molar-refractivity contribution in [1.29, 1.82) is 0 Å². The van der Waals surface area contributed by atoms with Gasteiger partial charge in [0.25, 0.3) is 30.4 Å². The van der Waals surface area contributed by atoms with Crippen LogP contribution < -0.4 is 0 Å². The summed E-state index contributed by atoms with van der Waals surface area (Å²) < 4.78 is 94.1. The molecule has 0 spiro atoms. The maximum Gasteiger partial charge on any atom is 0.335 e. The Bertz CT molecular complexity index is 1450. The Kier molecular flexibility index (Phi) is 6.84. The van der Waals surface area contributed by atoms with Crippen molar-refractivity contribution in [2.45, 2.75) is 14.7 Å². The van der Waals surface area contributed by atoms with Crippen LogP contribution in [0.2, 0.25) is 0 Å². The number of carboxylic acid groups (broad SMARTS) is 1. The summed E-state index contributed by atoms with van der Waals surface area (Å²) in [6, 6.07) is 12.3. The molecular formula is C17H14O11S3. The molecule has 0 fully saturated rings. The summed E-state index contributed by atoms with van der Waals surface area (Å²) in [5.74, 6) is -0.879. The van der Waals surface area contributed by atoms with Crippen LogP contribution >= 0.6 is 0 Å². The topological polar surface area (TPSA) is 200 Å². The Hall–Kier alpha value is -2.88. The van der Waals surface area contributed by atoms with Gasteiger partial charge in [-0.25, -0.2) is 4.79 Å². The molecule has 0 aliphatic rings. The summed E-state index contributed by atoms with van der Waals surface area (Å²) >= 11 is 0. The van der Waals surface area contributed by atoms with Crippen molar-refractivity contribution < 1.29 is 48.8 Å². The van der Waals surface area contributed by atoms with Gasteiger partial charge in [0.1, 0.15) is 4.90 Å². The summed E-state index contributed by atoms with van der Waals surface area (Å²) in [5.41, 5.74) is 0.331. The molecule has 0 atom stereocenters. The lowest BCUT2D eigenvalue weighted by Gasteiger charge is -2.08. The van der Waals surface area contributed by atoms with Crippen LogP contribution in [0, 0.1) is 0 Å². The Morgan fingerprint density at radius 2 is 1.16 bits per heavy atom. The second kappa shape index (κ2) is 8.70. The van der Waals surface area contributed by atoms with Crippen molar-refractivity contribution in [3.05, 3.63) is 66.2 Å². The number of benzene rings is 3. The normalized spacial score (nSPS) is 12.1. The van der Waals surface area contributed by atoms with E-state index in [1.54, 1.807) is 30.3 Å². The smallest absolute Gasteiger partial charge is 0.335 e. The zero-order valence-corrected chi connectivity index (χ0v) is 17.6. The van der Waals surface area contributed by atoms with Crippen LogP contribution in [0.15, 0.2) is 75.4 Å². The van der Waals surface area contributed by atoms with Gasteiger partial charge in [-0.3, -0.25) is 13.7 Å². The van der Waals surface area contributed by atoms with Gasteiger partial charge in [0.15, 0.2) is 0 Å². The minimum Gasteiger partial charge on any atom is -0.478 e. The molecule has 0 heterocycles. The molecule has 0 aliphatic heterocycles. The number of rotatable bonds is 4. The molecule has 4 N–H and O–H groups in total. The third-order valence-electron chi connectivity index (χ3n) is 3.75. The molecule has 0 unspecified atom stereocenters. The zero-order chi connectivity index (χ0) is 23.6. The fourth-order valence-corrected chi connectivity index (χ4v) is 4.26. The Labute approximate surface area is 176 Å². The molecule has 3 rings (SSSR count). The lowest BCUT2D eigenvalue weighted by atomic mass is 10.1. The molecule has 0 amide bonds. The average Bonchev–Trinajstić information content (AvgIpc) is 2.65. The monoisotopic (exact) mass is 490 g/mol. The van der Waals surface area contributed by atoms with Crippen molar-refractivity contribution in [3.8, 4) is 0 Å². The Morgan fingerprint density at radius 3 is 1.58 bits per heavy atom. The van der Waals surface area contributed by atoms with E-state index in [9.17, 15) is 30.0 Å². The molecule has 11 nitrogen and oxygen atoms in total. The van der Waals surface area contributed by atoms with E-state index in [-0.39, 0.29) is 10.8 Å². The first-order valence-electron chi connectivity index (χ1n) is 7.89. The second-order valence-electron chi connectivity index (χ2n) is 5.90. The van der Waals surface area contributed by atoms with E-state index in [1.807, 2.05) is 0 Å². The van der Waals surface area contributed by atoms with E-state index in [0.717, 1.165) is 24.3 Å². The number of fused-ring (bicyclic) bond motifs is 1. The molecule has 31 heavy (non-hydrogen) atoms. The summed E-state index contributed by atoms with van der Waals surface area (Å²) in [4.78, 5) is 7.89. The summed E-state index contributed by atoms with van der Waals surface area (Å²) in [5, 5.41) is 7.95. The van der Waals surface area contributed by atoms with Crippen LogP contribution in [0.4, 0.5) is 0 Å². The summed E-state index contributed by atoms with van der Waals surface area (Å²) in [7, 11) is -14.3. The van der Waals surface area contributed by atoms with Crippen molar-refractivity contribution in [2.75, 3.05) is 0 Å². The molecule has 166 valence electrons. The minimum absolute atomic E-state index is 0.192. The fraction of sp³-hybridized carbons (Fsp3) is 0. The highest BCUT2D eigenvalue weighted by Gasteiger charge is 2.21. The first-order valence-corrected chi connectivity index (χ1v) is 12.2.